The van der Waals surface area contributed by atoms with Crippen molar-refractivity contribution in [3.05, 3.63) is 12.7 Å². The highest BCUT2D eigenvalue weighted by atomic mass is 16.5. The van der Waals surface area contributed by atoms with Gasteiger partial charge >= 0.3 is 0 Å². The summed E-state index contributed by atoms with van der Waals surface area (Å²) < 4.78 is 5.39. The summed E-state index contributed by atoms with van der Waals surface area (Å²) in [5.74, 6) is 0.158. The maximum absolute atomic E-state index is 11.7. The topological polar surface area (TPSA) is 32.8 Å². The van der Waals surface area contributed by atoms with E-state index in [1.54, 1.807) is 6.08 Å². The number of carbonyl (C=O) groups is 1. The maximum Gasteiger partial charge on any atom is 0.236 e. The van der Waals surface area contributed by atoms with Crippen molar-refractivity contribution in [2.45, 2.75) is 6.10 Å². The molecule has 0 aromatic carbocycles. The van der Waals surface area contributed by atoms with Gasteiger partial charge in [-0.15, -0.1) is 6.58 Å². The molecular weight excluding hydrogens is 180 g/mol. The molecule has 0 saturated carbocycles. The van der Waals surface area contributed by atoms with Crippen molar-refractivity contribution in [2.24, 2.45) is 0 Å². The Labute approximate surface area is 85.1 Å². The zero-order chi connectivity index (χ0) is 10.6. The second-order valence-electron chi connectivity index (χ2n) is 3.72. The third kappa shape index (κ3) is 3.12. The van der Waals surface area contributed by atoms with Gasteiger partial charge in [0, 0.05) is 6.54 Å². The van der Waals surface area contributed by atoms with Crippen molar-refractivity contribution >= 4 is 5.91 Å². The van der Waals surface area contributed by atoms with Gasteiger partial charge < -0.3 is 14.5 Å². The number of morpholine rings is 1. The number of ether oxygens (including phenoxy) is 1. The minimum absolute atomic E-state index is 0.00476. The minimum Gasteiger partial charge on any atom is -0.370 e. The van der Waals surface area contributed by atoms with Crippen LogP contribution in [0.3, 0.4) is 0 Å². The van der Waals surface area contributed by atoms with Gasteiger partial charge in [-0.2, -0.15) is 0 Å². The molecule has 0 bridgehead atoms. The van der Waals surface area contributed by atoms with E-state index in [0.29, 0.717) is 26.2 Å². The Hall–Kier alpha value is -0.870. The van der Waals surface area contributed by atoms with Crippen LogP contribution in [-0.4, -0.2) is 62.1 Å². The number of hydrogen-bond acceptors (Lipinski definition) is 3. The number of amides is 1. The summed E-state index contributed by atoms with van der Waals surface area (Å²) in [6.07, 6.45) is 1.74. The third-order valence-corrected chi connectivity index (χ3v) is 2.16. The molecule has 0 radical (unpaired) electrons. The second kappa shape index (κ2) is 5.12. The highest BCUT2D eigenvalue weighted by Crippen LogP contribution is 2.06. The Morgan fingerprint density at radius 3 is 3.00 bits per heavy atom. The first-order valence-corrected chi connectivity index (χ1v) is 4.80. The summed E-state index contributed by atoms with van der Waals surface area (Å²) >= 11 is 0. The van der Waals surface area contributed by atoms with Gasteiger partial charge in [-0.3, -0.25) is 4.79 Å². The van der Waals surface area contributed by atoms with Gasteiger partial charge in [-0.25, -0.2) is 0 Å². The highest BCUT2D eigenvalue weighted by Gasteiger charge is 2.22. The van der Waals surface area contributed by atoms with E-state index < -0.39 is 0 Å². The Kier molecular flexibility index (Phi) is 4.10. The molecule has 1 heterocycles. The predicted molar refractivity (Wildman–Crippen MR) is 55.1 cm³/mol. The Morgan fingerprint density at radius 2 is 2.43 bits per heavy atom. The zero-order valence-electron chi connectivity index (χ0n) is 8.90. The summed E-state index contributed by atoms with van der Waals surface area (Å²) in [6.45, 7) is 6.06. The number of nitrogens with zero attached hydrogens (tertiary/aromatic N) is 2. The average Bonchev–Trinajstić information content (AvgIpc) is 2.17. The molecule has 0 unspecified atom stereocenters. The van der Waals surface area contributed by atoms with Crippen molar-refractivity contribution < 1.29 is 9.53 Å². The van der Waals surface area contributed by atoms with Crippen LogP contribution in [0.4, 0.5) is 0 Å². The summed E-state index contributed by atoms with van der Waals surface area (Å²) in [7, 11) is 3.78. The number of carbonyl (C=O) groups excluding carboxylic acids is 1. The van der Waals surface area contributed by atoms with Crippen LogP contribution in [-0.2, 0) is 9.53 Å². The lowest BCUT2D eigenvalue weighted by Gasteiger charge is -2.32. The maximum atomic E-state index is 11.7. The van der Waals surface area contributed by atoms with E-state index in [1.165, 1.54) is 0 Å². The molecule has 0 N–H and O–H groups in total. The molecule has 0 aromatic heterocycles. The van der Waals surface area contributed by atoms with E-state index >= 15 is 0 Å². The van der Waals surface area contributed by atoms with E-state index in [2.05, 4.69) is 6.58 Å². The van der Waals surface area contributed by atoms with Gasteiger partial charge in [0.05, 0.1) is 25.8 Å². The normalized spacial score (nSPS) is 22.5. The molecule has 1 saturated heterocycles. The number of likely N-dealkylation sites (N-methyl/N-ethyl adjacent to an activating group) is 1. The summed E-state index contributed by atoms with van der Waals surface area (Å²) in [6, 6.07) is 0. The van der Waals surface area contributed by atoms with Gasteiger partial charge in [0.1, 0.15) is 0 Å². The first-order chi connectivity index (χ1) is 6.63. The van der Waals surface area contributed by atoms with Crippen LogP contribution >= 0.6 is 0 Å². The molecule has 1 aliphatic heterocycles. The van der Waals surface area contributed by atoms with E-state index in [0.717, 1.165) is 0 Å². The van der Waals surface area contributed by atoms with Crippen LogP contribution in [0.25, 0.3) is 0 Å². The van der Waals surface area contributed by atoms with E-state index in [9.17, 15) is 4.79 Å². The molecule has 14 heavy (non-hydrogen) atoms. The van der Waals surface area contributed by atoms with Crippen molar-refractivity contribution in [2.75, 3.05) is 40.3 Å². The van der Waals surface area contributed by atoms with Gasteiger partial charge in [0.2, 0.25) is 5.91 Å². The Bertz CT molecular complexity index is 216. The Balaban J connectivity index is 2.43. The van der Waals surface area contributed by atoms with Gasteiger partial charge in [0.25, 0.3) is 0 Å². The van der Waals surface area contributed by atoms with Gasteiger partial charge in [-0.05, 0) is 14.1 Å². The zero-order valence-corrected chi connectivity index (χ0v) is 8.90. The lowest BCUT2D eigenvalue weighted by Crippen LogP contribution is -2.47. The molecule has 1 aliphatic rings. The van der Waals surface area contributed by atoms with Crippen LogP contribution in [0, 0.1) is 0 Å². The average molecular weight is 198 g/mol. The van der Waals surface area contributed by atoms with Crippen molar-refractivity contribution in [3.63, 3.8) is 0 Å². The van der Waals surface area contributed by atoms with Gasteiger partial charge in [-0.1, -0.05) is 6.08 Å². The van der Waals surface area contributed by atoms with Crippen LogP contribution < -0.4 is 0 Å². The van der Waals surface area contributed by atoms with Crippen molar-refractivity contribution in [1.29, 1.82) is 0 Å². The summed E-state index contributed by atoms with van der Waals surface area (Å²) in [4.78, 5) is 15.4. The molecule has 1 fully saturated rings. The first-order valence-electron chi connectivity index (χ1n) is 4.80. The fraction of sp³-hybridized carbons (Fsp3) is 0.700. The highest BCUT2D eigenvalue weighted by molar-refractivity contribution is 5.78. The molecule has 0 aliphatic carbocycles. The van der Waals surface area contributed by atoms with E-state index in [4.69, 9.17) is 4.74 Å². The van der Waals surface area contributed by atoms with E-state index in [1.807, 2.05) is 23.9 Å². The fourth-order valence-electron chi connectivity index (χ4n) is 1.42. The SMILES string of the molecule is C=C[C@@H]1CN(C(=O)CN(C)C)CCO1. The largest absolute Gasteiger partial charge is 0.370 e. The van der Waals surface area contributed by atoms with Crippen LogP contribution in [0.2, 0.25) is 0 Å². The molecule has 4 nitrogen and oxygen atoms in total. The third-order valence-electron chi connectivity index (χ3n) is 2.16. The monoisotopic (exact) mass is 198 g/mol. The minimum atomic E-state index is -0.00476. The molecule has 1 rings (SSSR count). The lowest BCUT2D eigenvalue weighted by atomic mass is 10.2. The molecule has 0 aromatic rings. The van der Waals surface area contributed by atoms with Crippen molar-refractivity contribution in [1.82, 2.24) is 9.80 Å². The van der Waals surface area contributed by atoms with Crippen LogP contribution in [0.1, 0.15) is 0 Å². The van der Waals surface area contributed by atoms with Gasteiger partial charge in [0.15, 0.2) is 0 Å². The van der Waals surface area contributed by atoms with Crippen molar-refractivity contribution in [3.8, 4) is 0 Å². The Morgan fingerprint density at radius 1 is 1.71 bits per heavy atom. The van der Waals surface area contributed by atoms with Crippen LogP contribution in [0.5, 0.6) is 0 Å². The number of rotatable bonds is 3. The number of hydrogen-bond donors (Lipinski definition) is 0. The van der Waals surface area contributed by atoms with E-state index in [-0.39, 0.29) is 12.0 Å². The molecule has 80 valence electrons. The molecular formula is C10H18N2O2. The predicted octanol–water partition coefficient (Wildman–Crippen LogP) is -0.0386. The smallest absolute Gasteiger partial charge is 0.236 e. The molecule has 4 heteroatoms. The van der Waals surface area contributed by atoms with Crippen LogP contribution in [0.15, 0.2) is 12.7 Å². The molecule has 0 spiro atoms. The summed E-state index contributed by atoms with van der Waals surface area (Å²) in [5, 5.41) is 0. The quantitative estimate of drug-likeness (QED) is 0.597. The molecule has 1 atom stereocenters. The summed E-state index contributed by atoms with van der Waals surface area (Å²) in [5.41, 5.74) is 0. The molecule has 1 amide bonds. The fourth-order valence-corrected chi connectivity index (χ4v) is 1.42. The standard InChI is InChI=1S/C10H18N2O2/c1-4-9-7-12(5-6-14-9)10(13)8-11(2)3/h4,9H,1,5-8H2,2-3H3/t9-/m1/s1. The first kappa shape index (κ1) is 11.2. The lowest BCUT2D eigenvalue weighted by molar-refractivity contribution is -0.137. The second-order valence-corrected chi connectivity index (χ2v) is 3.72.